The number of ketones is 1. The minimum Gasteiger partial charge on any atom is -0.300 e. The Balaban J connectivity index is 2.56. The first-order valence-electron chi connectivity index (χ1n) is 4.74. The maximum absolute atomic E-state index is 10.9. The minimum absolute atomic E-state index is 0.0127. The number of Topliss-reactive ketones (excluding diaryl/α,β-unsaturated/α-hetero) is 1. The molecule has 0 saturated heterocycles. The Bertz CT molecular complexity index is 215. The molecule has 2 atom stereocenters. The topological polar surface area (TPSA) is 60.2 Å². The summed E-state index contributed by atoms with van der Waals surface area (Å²) in [6, 6.07) is -0.474. The maximum Gasteiger partial charge on any atom is 0.216 e. The van der Waals surface area contributed by atoms with Crippen molar-refractivity contribution in [3.8, 4) is 0 Å². The van der Waals surface area contributed by atoms with Gasteiger partial charge in [0.1, 0.15) is 5.78 Å². The summed E-state index contributed by atoms with van der Waals surface area (Å²) in [5.74, 6) is 0.0556. The smallest absolute Gasteiger partial charge is 0.216 e. The van der Waals surface area contributed by atoms with Crippen LogP contribution >= 0.6 is 0 Å². The third kappa shape index (κ3) is 2.79. The second kappa shape index (κ2) is 4.35. The molecule has 0 amide bonds. The molecule has 0 heterocycles. The highest BCUT2D eigenvalue weighted by atomic mass is 16.6. The summed E-state index contributed by atoms with van der Waals surface area (Å²) >= 11 is 0. The second-order valence-corrected chi connectivity index (χ2v) is 3.80. The average Bonchev–Trinajstić information content (AvgIpc) is 2.03. The van der Waals surface area contributed by atoms with E-state index in [2.05, 4.69) is 0 Å². The van der Waals surface area contributed by atoms with E-state index in [9.17, 15) is 14.9 Å². The van der Waals surface area contributed by atoms with Gasteiger partial charge in [0.05, 0.1) is 0 Å². The largest absolute Gasteiger partial charge is 0.300 e. The number of carbonyl (C=O) groups excluding carboxylic acids is 1. The quantitative estimate of drug-likeness (QED) is 0.497. The molecule has 1 fully saturated rings. The lowest BCUT2D eigenvalue weighted by Gasteiger charge is -2.24. The Morgan fingerprint density at radius 2 is 2.08 bits per heavy atom. The van der Waals surface area contributed by atoms with Gasteiger partial charge in [-0.05, 0) is 19.8 Å². The van der Waals surface area contributed by atoms with Crippen molar-refractivity contribution in [3.05, 3.63) is 10.1 Å². The van der Waals surface area contributed by atoms with Crippen molar-refractivity contribution >= 4 is 5.78 Å². The zero-order valence-corrected chi connectivity index (χ0v) is 7.86. The van der Waals surface area contributed by atoms with Gasteiger partial charge >= 0.3 is 0 Å². The van der Waals surface area contributed by atoms with Crippen molar-refractivity contribution in [2.24, 2.45) is 5.92 Å². The first kappa shape index (κ1) is 10.2. The second-order valence-electron chi connectivity index (χ2n) is 3.80. The lowest BCUT2D eigenvalue weighted by molar-refractivity contribution is -0.535. The Kier molecular flexibility index (Phi) is 3.39. The van der Waals surface area contributed by atoms with Crippen LogP contribution in [-0.2, 0) is 4.79 Å². The molecule has 1 aliphatic carbocycles. The van der Waals surface area contributed by atoms with Crippen LogP contribution in [-0.4, -0.2) is 16.7 Å². The highest BCUT2D eigenvalue weighted by Gasteiger charge is 2.34. The van der Waals surface area contributed by atoms with E-state index in [1.807, 2.05) is 0 Å². The van der Waals surface area contributed by atoms with Crippen LogP contribution in [0.1, 0.15) is 39.0 Å². The van der Waals surface area contributed by atoms with Crippen LogP contribution in [0, 0.1) is 16.0 Å². The predicted molar refractivity (Wildman–Crippen MR) is 48.0 cm³/mol. The molecular weight excluding hydrogens is 170 g/mol. The van der Waals surface area contributed by atoms with Gasteiger partial charge in [0, 0.05) is 23.7 Å². The molecule has 0 radical (unpaired) electrons. The van der Waals surface area contributed by atoms with Crippen LogP contribution < -0.4 is 0 Å². The molecule has 1 rings (SSSR count). The van der Waals surface area contributed by atoms with E-state index in [0.717, 1.165) is 19.3 Å². The number of carbonyl (C=O) groups is 1. The fourth-order valence-corrected chi connectivity index (χ4v) is 2.07. The van der Waals surface area contributed by atoms with Gasteiger partial charge in [-0.1, -0.05) is 6.42 Å². The summed E-state index contributed by atoms with van der Waals surface area (Å²) in [7, 11) is 0. The van der Waals surface area contributed by atoms with Crippen LogP contribution in [0.2, 0.25) is 0 Å². The number of rotatable bonds is 3. The Morgan fingerprint density at radius 3 is 2.62 bits per heavy atom. The van der Waals surface area contributed by atoms with Crippen molar-refractivity contribution in [2.45, 2.75) is 45.1 Å². The molecule has 0 aromatic rings. The van der Waals surface area contributed by atoms with Gasteiger partial charge < -0.3 is 4.79 Å². The van der Waals surface area contributed by atoms with Crippen molar-refractivity contribution in [1.29, 1.82) is 0 Å². The zero-order chi connectivity index (χ0) is 9.84. The molecule has 0 aromatic heterocycles. The first-order valence-corrected chi connectivity index (χ1v) is 4.74. The van der Waals surface area contributed by atoms with Crippen LogP contribution in [0.5, 0.6) is 0 Å². The van der Waals surface area contributed by atoms with Gasteiger partial charge in [-0.2, -0.15) is 0 Å². The molecule has 0 aromatic carbocycles. The summed E-state index contributed by atoms with van der Waals surface area (Å²) in [5.41, 5.74) is 0. The molecule has 1 saturated carbocycles. The Morgan fingerprint density at radius 1 is 1.46 bits per heavy atom. The molecule has 0 unspecified atom stereocenters. The molecule has 4 nitrogen and oxygen atoms in total. The van der Waals surface area contributed by atoms with E-state index in [4.69, 9.17) is 0 Å². The average molecular weight is 185 g/mol. The van der Waals surface area contributed by atoms with Gasteiger partial charge in [0.15, 0.2) is 0 Å². The van der Waals surface area contributed by atoms with E-state index in [1.165, 1.54) is 6.92 Å². The van der Waals surface area contributed by atoms with Crippen LogP contribution in [0.4, 0.5) is 0 Å². The summed E-state index contributed by atoms with van der Waals surface area (Å²) < 4.78 is 0. The van der Waals surface area contributed by atoms with E-state index in [-0.39, 0.29) is 16.6 Å². The molecule has 74 valence electrons. The number of nitro groups is 1. The first-order chi connectivity index (χ1) is 6.11. The summed E-state index contributed by atoms with van der Waals surface area (Å²) in [5, 5.41) is 10.6. The summed E-state index contributed by atoms with van der Waals surface area (Å²) in [6.45, 7) is 1.51. The summed E-state index contributed by atoms with van der Waals surface area (Å²) in [4.78, 5) is 21.3. The van der Waals surface area contributed by atoms with E-state index in [0.29, 0.717) is 12.8 Å². The predicted octanol–water partition coefficient (Wildman–Crippen LogP) is 1.80. The zero-order valence-electron chi connectivity index (χ0n) is 7.86. The van der Waals surface area contributed by atoms with E-state index < -0.39 is 6.04 Å². The van der Waals surface area contributed by atoms with Crippen molar-refractivity contribution in [3.63, 3.8) is 0 Å². The lowest BCUT2D eigenvalue weighted by Crippen LogP contribution is -2.33. The molecule has 13 heavy (non-hydrogen) atoms. The standard InChI is InChI=1S/C9H15NO3/c1-7(11)6-8-4-2-3-5-9(8)10(12)13/h8-9H,2-6H2,1H3/t8-,9+/m0/s1. The number of hydrogen-bond acceptors (Lipinski definition) is 3. The fraction of sp³-hybridized carbons (Fsp3) is 0.889. The highest BCUT2D eigenvalue weighted by Crippen LogP contribution is 2.28. The minimum atomic E-state index is -0.474. The molecular formula is C9H15NO3. The fourth-order valence-electron chi connectivity index (χ4n) is 2.07. The van der Waals surface area contributed by atoms with Crippen LogP contribution in [0.15, 0.2) is 0 Å². The number of nitrogens with zero attached hydrogens (tertiary/aromatic N) is 1. The van der Waals surface area contributed by atoms with Crippen LogP contribution in [0.25, 0.3) is 0 Å². The van der Waals surface area contributed by atoms with Gasteiger partial charge in [-0.15, -0.1) is 0 Å². The normalized spacial score (nSPS) is 28.4. The Hall–Kier alpha value is -0.930. The third-order valence-electron chi connectivity index (χ3n) is 2.69. The molecule has 0 N–H and O–H groups in total. The Labute approximate surface area is 77.5 Å². The van der Waals surface area contributed by atoms with Gasteiger partial charge in [0.25, 0.3) is 0 Å². The van der Waals surface area contributed by atoms with E-state index >= 15 is 0 Å². The van der Waals surface area contributed by atoms with Gasteiger partial charge in [0.2, 0.25) is 6.04 Å². The van der Waals surface area contributed by atoms with Crippen molar-refractivity contribution in [2.75, 3.05) is 0 Å². The third-order valence-corrected chi connectivity index (χ3v) is 2.69. The van der Waals surface area contributed by atoms with E-state index in [1.54, 1.807) is 0 Å². The maximum atomic E-state index is 10.9. The molecule has 1 aliphatic rings. The molecule has 0 spiro atoms. The summed E-state index contributed by atoms with van der Waals surface area (Å²) in [6.07, 6.45) is 3.82. The van der Waals surface area contributed by atoms with Gasteiger partial charge in [-0.3, -0.25) is 10.1 Å². The SMILES string of the molecule is CC(=O)C[C@@H]1CCCC[C@H]1[N+](=O)[O-]. The molecule has 0 bridgehead atoms. The lowest BCUT2D eigenvalue weighted by atomic mass is 9.82. The number of hydrogen-bond donors (Lipinski definition) is 0. The van der Waals surface area contributed by atoms with Crippen LogP contribution in [0.3, 0.4) is 0 Å². The van der Waals surface area contributed by atoms with Crippen molar-refractivity contribution < 1.29 is 9.72 Å². The van der Waals surface area contributed by atoms with Crippen molar-refractivity contribution in [1.82, 2.24) is 0 Å². The molecule has 4 heteroatoms. The molecule has 0 aliphatic heterocycles. The monoisotopic (exact) mass is 185 g/mol. The van der Waals surface area contributed by atoms with Gasteiger partial charge in [-0.25, -0.2) is 0 Å². The highest BCUT2D eigenvalue weighted by molar-refractivity contribution is 5.75.